The molecule has 0 spiro atoms. The third-order valence-electron chi connectivity index (χ3n) is 4.91. The summed E-state index contributed by atoms with van der Waals surface area (Å²) in [4.78, 5) is 12.0. The number of pyridine rings is 2. The van der Waals surface area contributed by atoms with Crippen LogP contribution in [0.15, 0.2) is 115 Å². The van der Waals surface area contributed by atoms with Gasteiger partial charge in [-0.05, 0) is 35.7 Å². The first-order valence-electron chi connectivity index (χ1n) is 10.1. The quantitative estimate of drug-likeness (QED) is 0.209. The van der Waals surface area contributed by atoms with Crippen LogP contribution in [0.3, 0.4) is 0 Å². The molecule has 0 fully saturated rings. The molecule has 1 radical (unpaired) electrons. The minimum atomic E-state index is 0. The van der Waals surface area contributed by atoms with Crippen LogP contribution in [0.4, 0.5) is 17.3 Å². The van der Waals surface area contributed by atoms with E-state index in [4.69, 9.17) is 9.97 Å². The minimum Gasteiger partial charge on any atom is -0.280 e. The Labute approximate surface area is 201 Å². The van der Waals surface area contributed by atoms with Crippen molar-refractivity contribution in [3.8, 4) is 22.5 Å². The predicted octanol–water partition coefficient (Wildman–Crippen LogP) is 6.88. The summed E-state index contributed by atoms with van der Waals surface area (Å²) in [5, 5.41) is 0. The van der Waals surface area contributed by atoms with Gasteiger partial charge in [0.1, 0.15) is 11.6 Å². The molecule has 157 valence electrons. The van der Waals surface area contributed by atoms with Crippen LogP contribution < -0.4 is 4.90 Å². The maximum atomic E-state index is 4.95. The van der Waals surface area contributed by atoms with E-state index in [1.165, 1.54) is 0 Å². The first kappa shape index (κ1) is 21.6. The maximum Gasteiger partial charge on any atom is 0.129 e. The summed E-state index contributed by atoms with van der Waals surface area (Å²) in [5.74, 6) is 1.59. The zero-order chi connectivity index (χ0) is 20.9. The summed E-state index contributed by atoms with van der Waals surface area (Å²) in [5.41, 5.74) is 4.64. The van der Waals surface area contributed by atoms with Crippen molar-refractivity contribution in [3.63, 3.8) is 0 Å². The van der Waals surface area contributed by atoms with Gasteiger partial charge >= 0.3 is 0 Å². The average Bonchev–Trinajstić information content (AvgIpc) is 2.86. The van der Waals surface area contributed by atoms with Crippen molar-refractivity contribution in [2.45, 2.75) is 0 Å². The van der Waals surface area contributed by atoms with Gasteiger partial charge < -0.3 is 0 Å². The van der Waals surface area contributed by atoms with Crippen molar-refractivity contribution in [1.29, 1.82) is 0 Å². The molecular formula is C28H19IrN3-2. The van der Waals surface area contributed by atoms with Crippen molar-refractivity contribution < 1.29 is 20.1 Å². The Morgan fingerprint density at radius 3 is 1.47 bits per heavy atom. The van der Waals surface area contributed by atoms with Gasteiger partial charge in [-0.1, -0.05) is 42.5 Å². The van der Waals surface area contributed by atoms with Crippen LogP contribution in [0.1, 0.15) is 0 Å². The minimum absolute atomic E-state index is 0. The second-order valence-electron chi connectivity index (χ2n) is 6.99. The van der Waals surface area contributed by atoms with Crippen molar-refractivity contribution in [2.24, 2.45) is 0 Å². The van der Waals surface area contributed by atoms with Crippen LogP contribution in [-0.4, -0.2) is 9.97 Å². The molecule has 0 unspecified atom stereocenters. The molecule has 3 aromatic carbocycles. The molecule has 0 aliphatic carbocycles. The van der Waals surface area contributed by atoms with Gasteiger partial charge in [-0.3, -0.25) is 14.9 Å². The smallest absolute Gasteiger partial charge is 0.129 e. The Hall–Kier alpha value is -3.59. The number of hydrogen-bond acceptors (Lipinski definition) is 3. The SMILES string of the molecule is [Ir].[c-]1ccccc1-c1cccc(N(c2ccccc2)c2cccc(-c3[c-]cccc3)n2)n1. The number of rotatable bonds is 5. The summed E-state index contributed by atoms with van der Waals surface area (Å²) in [6.45, 7) is 0. The molecule has 0 atom stereocenters. The van der Waals surface area contributed by atoms with Gasteiger partial charge in [0, 0.05) is 25.8 Å². The number of para-hydroxylation sites is 1. The Morgan fingerprint density at radius 2 is 1.00 bits per heavy atom. The molecular weight excluding hydrogens is 571 g/mol. The molecule has 0 saturated heterocycles. The first-order chi connectivity index (χ1) is 15.4. The van der Waals surface area contributed by atoms with Crippen LogP contribution >= 0.6 is 0 Å². The van der Waals surface area contributed by atoms with Crippen LogP contribution in [-0.2, 0) is 20.1 Å². The van der Waals surface area contributed by atoms with Gasteiger partial charge in [0.05, 0.1) is 0 Å². The van der Waals surface area contributed by atoms with Crippen LogP contribution in [0.25, 0.3) is 22.5 Å². The zero-order valence-corrected chi connectivity index (χ0v) is 19.5. The van der Waals surface area contributed by atoms with Gasteiger partial charge in [-0.25, -0.2) is 0 Å². The van der Waals surface area contributed by atoms with E-state index < -0.39 is 0 Å². The second kappa shape index (κ2) is 10.1. The fourth-order valence-electron chi connectivity index (χ4n) is 3.46. The Kier molecular flexibility index (Phi) is 6.86. The fraction of sp³-hybridized carbons (Fsp3) is 0. The molecule has 0 bridgehead atoms. The molecule has 3 nitrogen and oxygen atoms in total. The summed E-state index contributed by atoms with van der Waals surface area (Å²) in [6, 6.07) is 44.5. The molecule has 2 heterocycles. The molecule has 32 heavy (non-hydrogen) atoms. The largest absolute Gasteiger partial charge is 0.280 e. The van der Waals surface area contributed by atoms with Crippen LogP contribution in [0, 0.1) is 12.1 Å². The molecule has 5 rings (SSSR count). The molecule has 0 N–H and O–H groups in total. The average molecular weight is 590 g/mol. The number of aromatic nitrogens is 2. The van der Waals surface area contributed by atoms with Crippen molar-refractivity contribution in [2.75, 3.05) is 4.90 Å². The van der Waals surface area contributed by atoms with E-state index in [1.807, 2.05) is 103 Å². The first-order valence-corrected chi connectivity index (χ1v) is 10.1. The number of benzene rings is 3. The van der Waals surface area contributed by atoms with E-state index >= 15 is 0 Å². The number of nitrogens with zero attached hydrogens (tertiary/aromatic N) is 3. The van der Waals surface area contributed by atoms with Crippen molar-refractivity contribution in [1.82, 2.24) is 9.97 Å². The monoisotopic (exact) mass is 590 g/mol. The van der Waals surface area contributed by atoms with E-state index in [0.717, 1.165) is 39.8 Å². The normalized spacial score (nSPS) is 10.2. The van der Waals surface area contributed by atoms with Gasteiger partial charge in [-0.2, -0.15) is 0 Å². The van der Waals surface area contributed by atoms with E-state index in [9.17, 15) is 0 Å². The predicted molar refractivity (Wildman–Crippen MR) is 125 cm³/mol. The summed E-state index contributed by atoms with van der Waals surface area (Å²) >= 11 is 0. The molecule has 0 aliphatic rings. The van der Waals surface area contributed by atoms with Crippen molar-refractivity contribution in [3.05, 3.63) is 127 Å². The van der Waals surface area contributed by atoms with E-state index in [-0.39, 0.29) is 20.1 Å². The van der Waals surface area contributed by atoms with Crippen LogP contribution in [0.2, 0.25) is 0 Å². The number of anilines is 3. The topological polar surface area (TPSA) is 29.0 Å². The number of hydrogen-bond donors (Lipinski definition) is 0. The fourth-order valence-corrected chi connectivity index (χ4v) is 3.46. The standard InChI is InChI=1S/C28H19N3.Ir/c1-4-12-22(13-5-1)25-18-10-20-27(29-25)31(24-16-8-3-9-17-24)28-21-11-19-26(30-28)23-14-6-2-7-15-23;/h1-12,14,16-21H;/q-2;. The summed E-state index contributed by atoms with van der Waals surface area (Å²) in [6.07, 6.45) is 0. The maximum absolute atomic E-state index is 4.95. The molecule has 0 aliphatic heterocycles. The Morgan fingerprint density at radius 1 is 0.500 bits per heavy atom. The van der Waals surface area contributed by atoms with Gasteiger partial charge in [0.15, 0.2) is 0 Å². The van der Waals surface area contributed by atoms with E-state index in [1.54, 1.807) is 0 Å². The molecule has 2 aromatic heterocycles. The third-order valence-corrected chi connectivity index (χ3v) is 4.91. The molecule has 0 saturated carbocycles. The van der Waals surface area contributed by atoms with E-state index in [0.29, 0.717) is 0 Å². The molecule has 0 amide bonds. The van der Waals surface area contributed by atoms with Gasteiger partial charge in [-0.15, -0.1) is 71.8 Å². The van der Waals surface area contributed by atoms with E-state index in [2.05, 4.69) is 29.2 Å². The van der Waals surface area contributed by atoms with Gasteiger partial charge in [0.25, 0.3) is 0 Å². The molecule has 4 heteroatoms. The Balaban J connectivity index is 0.00000245. The second-order valence-corrected chi connectivity index (χ2v) is 6.99. The molecule has 5 aromatic rings. The third kappa shape index (κ3) is 4.67. The summed E-state index contributed by atoms with van der Waals surface area (Å²) < 4.78 is 0. The van der Waals surface area contributed by atoms with Crippen LogP contribution in [0.5, 0.6) is 0 Å². The van der Waals surface area contributed by atoms with Crippen molar-refractivity contribution >= 4 is 17.3 Å². The van der Waals surface area contributed by atoms with Gasteiger partial charge in [0.2, 0.25) is 0 Å². The zero-order valence-electron chi connectivity index (χ0n) is 17.1. The Bertz CT molecular complexity index is 1190. The summed E-state index contributed by atoms with van der Waals surface area (Å²) in [7, 11) is 0.